The molecule has 0 aliphatic carbocycles. The minimum Gasteiger partial charge on any atom is -0.380 e. The van der Waals surface area contributed by atoms with Crippen molar-refractivity contribution in [3.05, 3.63) is 69.0 Å². The molecule has 0 amide bonds. The van der Waals surface area contributed by atoms with E-state index in [2.05, 4.69) is 15.0 Å². The Hall–Kier alpha value is -2.27. The lowest BCUT2D eigenvalue weighted by molar-refractivity contribution is 0.184. The first-order chi connectivity index (χ1) is 14.2. The molecule has 2 N–H and O–H groups in total. The average molecular weight is 474 g/mol. The van der Waals surface area contributed by atoms with Crippen LogP contribution in [-0.2, 0) is 21.4 Å². The highest BCUT2D eigenvalue weighted by atomic mass is 35.5. The summed E-state index contributed by atoms with van der Waals surface area (Å²) >= 11 is 7.38. The van der Waals surface area contributed by atoms with Gasteiger partial charge in [-0.1, -0.05) is 17.7 Å². The smallest absolute Gasteiger partial charge is 0.266 e. The summed E-state index contributed by atoms with van der Waals surface area (Å²) in [4.78, 5) is 3.20. The minimum atomic E-state index is -4.22. The number of rotatable bonds is 8. The minimum absolute atomic E-state index is 0.0321. The number of sulfonamides is 1. The predicted molar refractivity (Wildman–Crippen MR) is 113 cm³/mol. The zero-order valence-corrected chi connectivity index (χ0v) is 18.3. The third-order valence-electron chi connectivity index (χ3n) is 4.19. The lowest BCUT2D eigenvalue weighted by Crippen LogP contribution is -2.16. The van der Waals surface area contributed by atoms with E-state index in [1.54, 1.807) is 19.1 Å². The first-order valence-electron chi connectivity index (χ1n) is 8.65. The Morgan fingerprint density at radius 3 is 2.67 bits per heavy atom. The molecule has 0 saturated carbocycles. The van der Waals surface area contributed by atoms with Crippen molar-refractivity contribution in [2.24, 2.45) is 0 Å². The van der Waals surface area contributed by atoms with Crippen LogP contribution in [0, 0.1) is 11.6 Å². The molecule has 1 unspecified atom stereocenters. The molecule has 11 heteroatoms. The van der Waals surface area contributed by atoms with Gasteiger partial charge in [-0.05, 0) is 36.8 Å². The van der Waals surface area contributed by atoms with E-state index in [0.29, 0.717) is 12.2 Å². The molecule has 0 bridgehead atoms. The maximum atomic E-state index is 14.6. The van der Waals surface area contributed by atoms with Gasteiger partial charge in [-0.15, -0.1) is 11.3 Å². The van der Waals surface area contributed by atoms with Crippen LogP contribution in [0.2, 0.25) is 5.02 Å². The normalized spacial score (nSPS) is 12.6. The molecule has 0 fully saturated rings. The SMILES string of the molecule is COCc1ccc(F)c(C(C)Nc2cc(F)c(S(=O)(=O)Nc3cscn3)cc2Cl)c1. The second kappa shape index (κ2) is 9.25. The first kappa shape index (κ1) is 22.4. The van der Waals surface area contributed by atoms with Crippen LogP contribution in [0.25, 0.3) is 0 Å². The Morgan fingerprint density at radius 2 is 2.00 bits per heavy atom. The van der Waals surface area contributed by atoms with Gasteiger partial charge in [0.2, 0.25) is 0 Å². The van der Waals surface area contributed by atoms with Crippen LogP contribution in [-0.4, -0.2) is 20.5 Å². The maximum absolute atomic E-state index is 14.6. The van der Waals surface area contributed by atoms with Crippen molar-refractivity contribution in [3.8, 4) is 0 Å². The van der Waals surface area contributed by atoms with Crippen molar-refractivity contribution in [3.63, 3.8) is 0 Å². The summed E-state index contributed by atoms with van der Waals surface area (Å²) in [5.41, 5.74) is 2.68. The number of aromatic nitrogens is 1. The number of nitrogens with zero attached hydrogens (tertiary/aromatic N) is 1. The zero-order chi connectivity index (χ0) is 21.9. The van der Waals surface area contributed by atoms with Crippen LogP contribution in [0.3, 0.4) is 0 Å². The van der Waals surface area contributed by atoms with Crippen molar-refractivity contribution in [1.82, 2.24) is 4.98 Å². The average Bonchev–Trinajstić information content (AvgIpc) is 3.18. The molecule has 0 aliphatic rings. The second-order valence-corrected chi connectivity index (χ2v) is 9.17. The van der Waals surface area contributed by atoms with Gasteiger partial charge < -0.3 is 10.1 Å². The summed E-state index contributed by atoms with van der Waals surface area (Å²) in [5.74, 6) is -1.37. The molecule has 2 aromatic carbocycles. The Labute approximate surface area is 181 Å². The van der Waals surface area contributed by atoms with E-state index >= 15 is 0 Å². The Kier molecular flexibility index (Phi) is 6.91. The van der Waals surface area contributed by atoms with Crippen molar-refractivity contribution in [2.45, 2.75) is 24.5 Å². The highest BCUT2D eigenvalue weighted by Crippen LogP contribution is 2.32. The van der Waals surface area contributed by atoms with Crippen LogP contribution in [0.1, 0.15) is 24.1 Å². The second-order valence-electron chi connectivity index (χ2n) is 6.40. The number of anilines is 2. The Bertz CT molecular complexity index is 1140. The van der Waals surface area contributed by atoms with Crippen LogP contribution in [0.4, 0.5) is 20.3 Å². The molecule has 3 aromatic rings. The highest BCUT2D eigenvalue weighted by molar-refractivity contribution is 7.92. The molecule has 3 rings (SSSR count). The maximum Gasteiger partial charge on any atom is 0.266 e. The first-order valence-corrected chi connectivity index (χ1v) is 11.5. The molecule has 0 radical (unpaired) electrons. The third kappa shape index (κ3) is 5.07. The van der Waals surface area contributed by atoms with E-state index in [1.807, 2.05) is 0 Å². The third-order valence-corrected chi connectivity index (χ3v) is 6.46. The van der Waals surface area contributed by atoms with E-state index in [4.69, 9.17) is 16.3 Å². The molecular weight excluding hydrogens is 456 g/mol. The van der Waals surface area contributed by atoms with Crippen LogP contribution in [0.15, 0.2) is 46.1 Å². The van der Waals surface area contributed by atoms with E-state index in [0.717, 1.165) is 17.7 Å². The summed E-state index contributed by atoms with van der Waals surface area (Å²) in [5, 5.41) is 4.36. The Morgan fingerprint density at radius 1 is 1.23 bits per heavy atom. The molecule has 1 heterocycles. The van der Waals surface area contributed by atoms with Gasteiger partial charge in [0.05, 0.1) is 28.9 Å². The van der Waals surface area contributed by atoms with Crippen LogP contribution >= 0.6 is 22.9 Å². The number of thiazole rings is 1. The summed E-state index contributed by atoms with van der Waals surface area (Å²) in [6.45, 7) is 1.99. The fourth-order valence-electron chi connectivity index (χ4n) is 2.79. The zero-order valence-electron chi connectivity index (χ0n) is 15.9. The van der Waals surface area contributed by atoms with Gasteiger partial charge in [-0.2, -0.15) is 0 Å². The number of halogens is 3. The number of benzene rings is 2. The molecule has 0 saturated heterocycles. The van der Waals surface area contributed by atoms with Gasteiger partial charge in [0, 0.05) is 18.1 Å². The van der Waals surface area contributed by atoms with Crippen molar-refractivity contribution < 1.29 is 21.9 Å². The number of hydrogen-bond acceptors (Lipinski definition) is 6. The number of methoxy groups -OCH3 is 1. The van der Waals surface area contributed by atoms with Gasteiger partial charge in [0.25, 0.3) is 10.0 Å². The lowest BCUT2D eigenvalue weighted by atomic mass is 10.0. The predicted octanol–water partition coefficient (Wildman–Crippen LogP) is 5.20. The van der Waals surface area contributed by atoms with E-state index in [-0.39, 0.29) is 16.5 Å². The van der Waals surface area contributed by atoms with Crippen molar-refractivity contribution in [1.29, 1.82) is 0 Å². The summed E-state index contributed by atoms with van der Waals surface area (Å²) < 4.78 is 61.0. The van der Waals surface area contributed by atoms with Crippen LogP contribution in [0.5, 0.6) is 0 Å². The van der Waals surface area contributed by atoms with Gasteiger partial charge in [-0.25, -0.2) is 22.2 Å². The lowest BCUT2D eigenvalue weighted by Gasteiger charge is -2.19. The number of ether oxygens (including phenoxy) is 1. The number of nitrogens with one attached hydrogen (secondary N) is 2. The largest absolute Gasteiger partial charge is 0.380 e. The van der Waals surface area contributed by atoms with Crippen molar-refractivity contribution in [2.75, 3.05) is 17.1 Å². The highest BCUT2D eigenvalue weighted by Gasteiger charge is 2.23. The van der Waals surface area contributed by atoms with Crippen LogP contribution < -0.4 is 10.0 Å². The number of hydrogen-bond donors (Lipinski definition) is 2. The van der Waals surface area contributed by atoms with E-state index in [9.17, 15) is 17.2 Å². The summed E-state index contributed by atoms with van der Waals surface area (Å²) in [6, 6.07) is 5.95. The quantitative estimate of drug-likeness (QED) is 0.470. The van der Waals surface area contributed by atoms with Gasteiger partial charge in [-0.3, -0.25) is 4.72 Å². The van der Waals surface area contributed by atoms with E-state index < -0.39 is 32.6 Å². The van der Waals surface area contributed by atoms with E-state index in [1.165, 1.54) is 35.4 Å². The molecule has 30 heavy (non-hydrogen) atoms. The fraction of sp³-hybridized carbons (Fsp3) is 0.211. The standard InChI is InChI=1S/C19H18ClF2N3O3S2/c1-11(13-5-12(8-28-2)3-4-15(13)21)24-17-7-16(22)18(6-14(17)20)30(26,27)25-19-9-29-10-23-19/h3-7,9-11,24-25H,8H2,1-2H3. The van der Waals surface area contributed by atoms with Gasteiger partial charge in [0.1, 0.15) is 16.5 Å². The fourth-order valence-corrected chi connectivity index (χ4v) is 4.72. The molecule has 1 aromatic heterocycles. The molecule has 6 nitrogen and oxygen atoms in total. The Balaban J connectivity index is 1.86. The van der Waals surface area contributed by atoms with Gasteiger partial charge in [0.15, 0.2) is 5.82 Å². The van der Waals surface area contributed by atoms with Crippen molar-refractivity contribution >= 4 is 44.5 Å². The molecular formula is C19H18ClF2N3O3S2. The monoisotopic (exact) mass is 473 g/mol. The summed E-state index contributed by atoms with van der Waals surface area (Å²) in [6.07, 6.45) is 0. The molecule has 0 aliphatic heterocycles. The molecule has 1 atom stereocenters. The van der Waals surface area contributed by atoms with Gasteiger partial charge >= 0.3 is 0 Å². The summed E-state index contributed by atoms with van der Waals surface area (Å²) in [7, 11) is -2.69. The molecule has 0 spiro atoms. The molecule has 160 valence electrons. The topological polar surface area (TPSA) is 80.3 Å².